The van der Waals surface area contributed by atoms with Gasteiger partial charge >= 0.3 is 5.97 Å². The van der Waals surface area contributed by atoms with Gasteiger partial charge in [-0.25, -0.2) is 4.79 Å². The average Bonchev–Trinajstić information content (AvgIpc) is 3.05. The molecular formula is C20H21NO2. The molecule has 0 aromatic heterocycles. The Bertz CT molecular complexity index is 680. The Morgan fingerprint density at radius 3 is 1.91 bits per heavy atom. The third-order valence-corrected chi connectivity index (χ3v) is 5.03. The maximum absolute atomic E-state index is 11.0. The lowest BCUT2D eigenvalue weighted by Crippen LogP contribution is -2.17. The summed E-state index contributed by atoms with van der Waals surface area (Å²) in [4.78, 5) is 15.8. The first kappa shape index (κ1) is 15.5. The molecule has 1 atom stereocenters. The highest BCUT2D eigenvalue weighted by Gasteiger charge is 2.71. The summed E-state index contributed by atoms with van der Waals surface area (Å²) in [6.45, 7) is 5.83. The van der Waals surface area contributed by atoms with Gasteiger partial charge in [0.25, 0.3) is 0 Å². The molecule has 3 nitrogen and oxygen atoms in total. The van der Waals surface area contributed by atoms with Crippen molar-refractivity contribution < 1.29 is 9.63 Å². The first-order chi connectivity index (χ1) is 11.0. The number of carbonyl (C=O) groups is 1. The lowest BCUT2D eigenvalue weighted by Gasteiger charge is -2.22. The van der Waals surface area contributed by atoms with Crippen molar-refractivity contribution in [2.24, 2.45) is 16.5 Å². The van der Waals surface area contributed by atoms with E-state index in [1.165, 1.54) is 18.1 Å². The quantitative estimate of drug-likeness (QED) is 0.483. The van der Waals surface area contributed by atoms with Gasteiger partial charge in [0.15, 0.2) is 0 Å². The van der Waals surface area contributed by atoms with Crippen molar-refractivity contribution in [1.29, 1.82) is 0 Å². The van der Waals surface area contributed by atoms with Crippen molar-refractivity contribution in [3.8, 4) is 0 Å². The van der Waals surface area contributed by atoms with Crippen LogP contribution in [0.2, 0.25) is 0 Å². The zero-order chi connectivity index (χ0) is 16.5. The predicted octanol–water partition coefficient (Wildman–Crippen LogP) is 4.18. The van der Waals surface area contributed by atoms with Crippen molar-refractivity contribution in [2.45, 2.75) is 26.2 Å². The fourth-order valence-corrected chi connectivity index (χ4v) is 3.94. The molecule has 1 saturated carbocycles. The normalized spacial score (nSPS) is 21.1. The second-order valence-electron chi connectivity index (χ2n) is 6.58. The molecular weight excluding hydrogens is 286 g/mol. The minimum atomic E-state index is -0.398. The second kappa shape index (κ2) is 5.65. The van der Waals surface area contributed by atoms with Crippen LogP contribution in [0.1, 0.15) is 31.9 Å². The molecule has 0 N–H and O–H groups in total. The van der Waals surface area contributed by atoms with Gasteiger partial charge in [-0.15, -0.1) is 0 Å². The number of nitrogens with zero attached hydrogens (tertiary/aromatic N) is 1. The molecule has 0 amide bonds. The van der Waals surface area contributed by atoms with Crippen LogP contribution in [0.4, 0.5) is 0 Å². The van der Waals surface area contributed by atoms with E-state index in [1.807, 2.05) is 12.1 Å². The SMILES string of the molecule is CC(=O)O/N=C\[C@H]1C(C)(C)C1(c1ccccc1)c1ccccc1. The maximum Gasteiger partial charge on any atom is 0.331 e. The lowest BCUT2D eigenvalue weighted by molar-refractivity contribution is -0.140. The van der Waals surface area contributed by atoms with Crippen molar-refractivity contribution in [3.05, 3.63) is 71.8 Å². The molecule has 1 fully saturated rings. The molecule has 0 spiro atoms. The number of benzene rings is 2. The van der Waals surface area contributed by atoms with E-state index in [2.05, 4.69) is 67.5 Å². The van der Waals surface area contributed by atoms with Gasteiger partial charge in [0, 0.05) is 24.5 Å². The van der Waals surface area contributed by atoms with Crippen LogP contribution >= 0.6 is 0 Å². The summed E-state index contributed by atoms with van der Waals surface area (Å²) < 4.78 is 0. The number of hydrogen-bond donors (Lipinski definition) is 0. The van der Waals surface area contributed by atoms with Crippen molar-refractivity contribution in [1.82, 2.24) is 0 Å². The molecule has 0 bridgehead atoms. The van der Waals surface area contributed by atoms with Crippen LogP contribution in [0.3, 0.4) is 0 Å². The van der Waals surface area contributed by atoms with E-state index in [1.54, 1.807) is 6.21 Å². The number of rotatable bonds is 4. The molecule has 0 aliphatic heterocycles. The Kier molecular flexibility index (Phi) is 3.80. The van der Waals surface area contributed by atoms with Crippen LogP contribution in [-0.4, -0.2) is 12.2 Å². The molecule has 2 aromatic carbocycles. The average molecular weight is 307 g/mol. The number of hydrogen-bond acceptors (Lipinski definition) is 3. The summed E-state index contributed by atoms with van der Waals surface area (Å²) in [5.41, 5.74) is 2.35. The predicted molar refractivity (Wildman–Crippen MR) is 91.2 cm³/mol. The highest BCUT2D eigenvalue weighted by molar-refractivity contribution is 5.77. The summed E-state index contributed by atoms with van der Waals surface area (Å²) in [7, 11) is 0. The van der Waals surface area contributed by atoms with E-state index in [9.17, 15) is 4.79 Å². The third-order valence-electron chi connectivity index (χ3n) is 5.03. The molecule has 0 unspecified atom stereocenters. The highest BCUT2D eigenvalue weighted by Crippen LogP contribution is 2.71. The van der Waals surface area contributed by atoms with E-state index in [0.29, 0.717) is 0 Å². The molecule has 118 valence electrons. The van der Waals surface area contributed by atoms with E-state index in [4.69, 9.17) is 4.84 Å². The molecule has 0 heterocycles. The Morgan fingerprint density at radius 1 is 1.00 bits per heavy atom. The van der Waals surface area contributed by atoms with Crippen molar-refractivity contribution in [2.75, 3.05) is 0 Å². The zero-order valence-corrected chi connectivity index (χ0v) is 13.7. The van der Waals surface area contributed by atoms with Gasteiger partial charge < -0.3 is 4.84 Å². The lowest BCUT2D eigenvalue weighted by atomic mass is 9.81. The monoisotopic (exact) mass is 307 g/mol. The smallest absolute Gasteiger partial charge is 0.319 e. The molecule has 3 heteroatoms. The largest absolute Gasteiger partial charge is 0.331 e. The summed E-state index contributed by atoms with van der Waals surface area (Å²) >= 11 is 0. The minimum absolute atomic E-state index is 0.0145. The van der Waals surface area contributed by atoms with Crippen LogP contribution in [-0.2, 0) is 15.0 Å². The van der Waals surface area contributed by atoms with Gasteiger partial charge in [-0.2, -0.15) is 0 Å². The zero-order valence-electron chi connectivity index (χ0n) is 13.7. The Hall–Kier alpha value is -2.42. The molecule has 0 radical (unpaired) electrons. The van der Waals surface area contributed by atoms with Crippen LogP contribution in [0.5, 0.6) is 0 Å². The van der Waals surface area contributed by atoms with Crippen LogP contribution in [0, 0.1) is 11.3 Å². The van der Waals surface area contributed by atoms with E-state index < -0.39 is 5.97 Å². The van der Waals surface area contributed by atoms with Gasteiger partial charge in [0.1, 0.15) is 0 Å². The van der Waals surface area contributed by atoms with Gasteiger partial charge in [-0.3, -0.25) is 0 Å². The third kappa shape index (κ3) is 2.37. The minimum Gasteiger partial charge on any atom is -0.319 e. The number of carbonyl (C=O) groups excluding carboxylic acids is 1. The Morgan fingerprint density at radius 2 is 1.48 bits per heavy atom. The first-order valence-corrected chi connectivity index (χ1v) is 7.83. The van der Waals surface area contributed by atoms with Gasteiger partial charge in [-0.05, 0) is 16.5 Å². The van der Waals surface area contributed by atoms with Crippen molar-refractivity contribution >= 4 is 12.2 Å². The molecule has 0 saturated heterocycles. The maximum atomic E-state index is 11.0. The van der Waals surface area contributed by atoms with Crippen LogP contribution < -0.4 is 0 Å². The van der Waals surface area contributed by atoms with Crippen LogP contribution in [0.25, 0.3) is 0 Å². The summed E-state index contributed by atoms with van der Waals surface area (Å²) in [6.07, 6.45) is 1.78. The van der Waals surface area contributed by atoms with Gasteiger partial charge in [0.2, 0.25) is 0 Å². The highest BCUT2D eigenvalue weighted by atomic mass is 16.7. The fraction of sp³-hybridized carbons (Fsp3) is 0.300. The summed E-state index contributed by atoms with van der Waals surface area (Å²) in [5, 5.41) is 3.90. The molecule has 1 aliphatic carbocycles. The Labute approximate surface area is 137 Å². The molecule has 1 aliphatic rings. The van der Waals surface area contributed by atoms with E-state index in [-0.39, 0.29) is 16.7 Å². The summed E-state index contributed by atoms with van der Waals surface area (Å²) in [5.74, 6) is -0.233. The standard InChI is InChI=1S/C20H21NO2/c1-15(22)23-21-14-18-19(2,3)20(18,16-10-6-4-7-11-16)17-12-8-5-9-13-17/h4-14,18H,1-3H3/b21-14-/t18-/m0/s1. The summed E-state index contributed by atoms with van der Waals surface area (Å²) in [6, 6.07) is 21.0. The van der Waals surface area contributed by atoms with E-state index in [0.717, 1.165) is 0 Å². The number of oxime groups is 1. The molecule has 2 aromatic rings. The van der Waals surface area contributed by atoms with Gasteiger partial charge in [-0.1, -0.05) is 79.7 Å². The van der Waals surface area contributed by atoms with E-state index >= 15 is 0 Å². The Balaban J connectivity index is 2.08. The molecule has 3 rings (SSSR count). The second-order valence-corrected chi connectivity index (χ2v) is 6.58. The topological polar surface area (TPSA) is 38.7 Å². The first-order valence-electron chi connectivity index (χ1n) is 7.83. The van der Waals surface area contributed by atoms with Crippen LogP contribution in [0.15, 0.2) is 65.8 Å². The molecule has 23 heavy (non-hydrogen) atoms. The van der Waals surface area contributed by atoms with Gasteiger partial charge in [0.05, 0.1) is 0 Å². The fourth-order valence-electron chi connectivity index (χ4n) is 3.94. The van der Waals surface area contributed by atoms with Crippen molar-refractivity contribution in [3.63, 3.8) is 0 Å².